The van der Waals surface area contributed by atoms with Crippen molar-refractivity contribution in [2.45, 2.75) is 257 Å². The predicted molar refractivity (Wildman–Crippen MR) is 514 cm³/mol. The largest absolute Gasteiger partial charge is 0.444 e. The number of nitrogens with zero attached hydrogens (tertiary/aromatic N) is 12. The van der Waals surface area contributed by atoms with E-state index in [0.29, 0.717) is 223 Å². The molecule has 4 spiro atoms. The lowest BCUT2D eigenvalue weighted by atomic mass is 9.87. The van der Waals surface area contributed by atoms with Gasteiger partial charge in [0.25, 0.3) is 57.3 Å². The Hall–Kier alpha value is -12.5. The minimum Gasteiger partial charge on any atom is -0.444 e. The van der Waals surface area contributed by atoms with Gasteiger partial charge in [-0.1, -0.05) is 7.43 Å². The Morgan fingerprint density at radius 2 is 0.704 bits per heavy atom. The maximum absolute atomic E-state index is 13.2. The van der Waals surface area contributed by atoms with Gasteiger partial charge in [0.15, 0.2) is 0 Å². The van der Waals surface area contributed by atoms with Crippen molar-refractivity contribution in [2.24, 2.45) is 5.73 Å². The third-order valence-electron chi connectivity index (χ3n) is 23.8. The van der Waals surface area contributed by atoms with Crippen LogP contribution in [-0.4, -0.2) is 166 Å². The molecular weight excluding hydrogens is 1930 g/mol. The number of hydrogen-bond donors (Lipinski definition) is 18. The molecule has 22 N–H and O–H groups in total. The normalized spacial score (nSPS) is 21.7. The van der Waals surface area contributed by atoms with Gasteiger partial charge in [-0.3, -0.25) is 76.3 Å². The SMILES string of the molecule is C.CC(C)(C)OC(=O)Nc1cc(N)ncn1.Cc1cc(Br)c(=O)[nH]c1C(N)=O.Cc1cc(Br)c(=O)n2c1C(=O)NC21CCC(O)CC1.Cc1cc(Nc2cc(C)c3n(c2=O)C2(CCC(O)CC2)NC3=O)ncn1.Cc1cc(Nc2cc(N)ncn2)c(=O)n2c1C(=O)NC21CCC(O)CC1.Cc1cc(Nc2cc(N)ncn2)c(=O)n2c1C(=O)NC21CCC(O)CC1.Cl.Cl.O=C1CCC(O)CC1. The number of anilines is 10. The summed E-state index contributed by atoms with van der Waals surface area (Å²) in [6.45, 7) is 16.1. The van der Waals surface area contributed by atoms with E-state index in [1.54, 1.807) is 96.2 Å². The number of Topliss-reactive ketones (excluding diaryl/α,β-unsaturated/α-hetero) is 1. The van der Waals surface area contributed by atoms with E-state index in [0.717, 1.165) is 16.8 Å². The van der Waals surface area contributed by atoms with Crippen molar-refractivity contribution < 1.29 is 63.8 Å². The fourth-order valence-electron chi connectivity index (χ4n) is 17.4. The van der Waals surface area contributed by atoms with E-state index in [4.69, 9.17) is 32.8 Å². The zero-order chi connectivity index (χ0) is 96.0. The average molecular weight is 2040 g/mol. The Bertz CT molecular complexity index is 5920. The lowest BCUT2D eigenvalue weighted by molar-refractivity contribution is -0.122. The van der Waals surface area contributed by atoms with Crippen molar-refractivity contribution in [2.75, 3.05) is 38.5 Å². The molecule has 0 atom stereocenters. The Balaban J connectivity index is 0.000000181. The van der Waals surface area contributed by atoms with Crippen LogP contribution in [0.15, 0.2) is 113 Å². The number of halogens is 4. The van der Waals surface area contributed by atoms with E-state index in [-0.39, 0.29) is 125 Å². The molecule has 47 heteroatoms. The third kappa shape index (κ3) is 24.4. The van der Waals surface area contributed by atoms with E-state index in [1.165, 1.54) is 43.5 Å². The van der Waals surface area contributed by atoms with Gasteiger partial charge >= 0.3 is 6.09 Å². The second-order valence-electron chi connectivity index (χ2n) is 34.9. The zero-order valence-corrected chi connectivity index (χ0v) is 79.6. The second-order valence-corrected chi connectivity index (χ2v) is 36.6. The van der Waals surface area contributed by atoms with Gasteiger partial charge in [-0.2, -0.15) is 0 Å². The first-order chi connectivity index (χ1) is 62.3. The molecule has 6 amide bonds. The molecule has 9 aliphatic rings. The number of aryl methyl sites for hydroxylation is 6. The lowest BCUT2D eigenvalue weighted by Gasteiger charge is -2.37. The average Bonchev–Trinajstić information content (AvgIpc) is 1.58. The Morgan fingerprint density at radius 1 is 0.415 bits per heavy atom. The maximum Gasteiger partial charge on any atom is 0.413 e. The van der Waals surface area contributed by atoms with Gasteiger partial charge in [-0.05, 0) is 268 Å². The highest BCUT2D eigenvalue weighted by atomic mass is 79.9. The number of nitrogens with two attached hydrogens (primary N) is 4. The van der Waals surface area contributed by atoms with E-state index in [9.17, 15) is 78.0 Å². The summed E-state index contributed by atoms with van der Waals surface area (Å²) in [7, 11) is 0. The van der Waals surface area contributed by atoms with Crippen LogP contribution in [0.1, 0.15) is 243 Å². The van der Waals surface area contributed by atoms with Crippen LogP contribution in [0.3, 0.4) is 0 Å². The number of carbonyl (C=O) groups is 7. The Morgan fingerprint density at radius 3 is 1.01 bits per heavy atom. The van der Waals surface area contributed by atoms with Crippen molar-refractivity contribution in [3.05, 3.63) is 203 Å². The molecule has 0 bridgehead atoms. The number of ether oxygens (including phenoxy) is 1. The molecule has 5 aliphatic carbocycles. The predicted octanol–water partition coefficient (Wildman–Crippen LogP) is 7.71. The second kappa shape index (κ2) is 43.9. The molecule has 5 fully saturated rings. The van der Waals surface area contributed by atoms with Crippen molar-refractivity contribution >= 4 is 156 Å². The molecule has 43 nitrogen and oxygen atoms in total. The molecular formula is C88H113Br2Cl2N25O18. The monoisotopic (exact) mass is 2040 g/mol. The molecule has 0 radical (unpaired) electrons. The van der Waals surface area contributed by atoms with Crippen LogP contribution in [0.5, 0.6) is 0 Å². The number of ketones is 1. The highest BCUT2D eigenvalue weighted by molar-refractivity contribution is 9.10. The molecule has 726 valence electrons. The first-order valence-corrected chi connectivity index (χ1v) is 44.4. The number of rotatable bonds is 8. The molecule has 4 aliphatic heterocycles. The van der Waals surface area contributed by atoms with E-state index >= 15 is 0 Å². The molecule has 13 heterocycles. The van der Waals surface area contributed by atoms with Crippen molar-refractivity contribution in [1.82, 2.24) is 84.4 Å². The number of aliphatic hydroxyl groups is 5. The summed E-state index contributed by atoms with van der Waals surface area (Å²) >= 11 is 6.29. The number of primary amides is 1. The first kappa shape index (κ1) is 106. The van der Waals surface area contributed by atoms with E-state index < -0.39 is 52.5 Å². The van der Waals surface area contributed by atoms with Crippen LogP contribution in [-0.2, 0) is 32.2 Å². The number of aromatic amines is 1. The molecule has 5 saturated carbocycles. The van der Waals surface area contributed by atoms with Crippen molar-refractivity contribution in [1.29, 1.82) is 0 Å². The molecule has 135 heavy (non-hydrogen) atoms. The smallest absolute Gasteiger partial charge is 0.413 e. The van der Waals surface area contributed by atoms with Gasteiger partial charge in [0, 0.05) is 42.8 Å². The number of amides is 6. The van der Waals surface area contributed by atoms with Gasteiger partial charge < -0.3 is 95.4 Å². The van der Waals surface area contributed by atoms with Crippen LogP contribution >= 0.6 is 56.7 Å². The van der Waals surface area contributed by atoms with Crippen LogP contribution in [0.4, 0.5) is 62.6 Å². The Kier molecular flexibility index (Phi) is 34.5. The number of hydrogen-bond acceptors (Lipinski definition) is 32. The summed E-state index contributed by atoms with van der Waals surface area (Å²) in [5.41, 5.74) is 23.9. The highest BCUT2D eigenvalue weighted by Gasteiger charge is 2.51. The molecule has 9 aromatic heterocycles. The first-order valence-electron chi connectivity index (χ1n) is 42.8. The summed E-state index contributed by atoms with van der Waals surface area (Å²) in [6, 6.07) is 14.5. The van der Waals surface area contributed by atoms with E-state index in [1.807, 2.05) is 20.8 Å². The number of carbonyl (C=O) groups excluding carboxylic acids is 7. The van der Waals surface area contributed by atoms with Gasteiger partial charge in [0.05, 0.1) is 39.5 Å². The van der Waals surface area contributed by atoms with Crippen molar-refractivity contribution in [3.8, 4) is 0 Å². The molecule has 0 saturated heterocycles. The minimum atomic E-state index is -0.782. The summed E-state index contributed by atoms with van der Waals surface area (Å²) < 4.78 is 12.1. The summed E-state index contributed by atoms with van der Waals surface area (Å²) in [5.74, 6) is 1.24. The number of aromatic nitrogens is 13. The number of fused-ring (bicyclic) bond motifs is 8. The van der Waals surface area contributed by atoms with Crippen LogP contribution < -0.4 is 93.3 Å². The number of aliphatic hydroxyl groups excluding tert-OH is 5. The topological polar surface area (TPSA) is 654 Å². The number of nitrogen functional groups attached to an aromatic ring is 3. The zero-order valence-electron chi connectivity index (χ0n) is 74.8. The Labute approximate surface area is 803 Å². The van der Waals surface area contributed by atoms with Crippen LogP contribution in [0.25, 0.3) is 0 Å². The number of pyridine rings is 5. The summed E-state index contributed by atoms with van der Waals surface area (Å²) in [4.78, 5) is 179. The summed E-state index contributed by atoms with van der Waals surface area (Å²) in [6.07, 6.45) is 14.3. The van der Waals surface area contributed by atoms with Gasteiger partial charge in [-0.25, -0.2) is 44.7 Å². The van der Waals surface area contributed by atoms with Crippen molar-refractivity contribution in [3.63, 3.8) is 0 Å². The van der Waals surface area contributed by atoms with Crippen LogP contribution in [0.2, 0.25) is 0 Å². The minimum absolute atomic E-state index is 0. The maximum atomic E-state index is 13.2. The standard InChI is InChI=1S/C18H21N5O3.2C17H20N6O3.C13H15BrN2O3.C9H14N4O2.C7H7BrN2O2.C6H10O2.CH4.2ClH/c1-10-7-13(21-14-8-11(2)19-9-20-14)17(26)23-15(10)16(25)22-18(23)5-3-12(24)4-6-18;2*1-9-6-11(21-13-7-12(18)19-8-20-13)16(26)23-14(9)15(25)22-17(23)4-2-10(24)3-5-17;1-7-6-9(14)12(19)16-10(7)11(18)15-13(16)4-2-8(17)3-5-13;1-9(2,3)15-8(14)13-7-4-6(10)11-5-12-7;1-3-2-4(8)7(12)10-5(3)6(9)11;7-5-1-2-6(8)4-3-5;;;/h7-9,12,24H,3-6H2,1-2H3,(H,22,25)(H,19,20,21);2*6-8,10,24H,2-5H2,1H3,(H,22,25)(H3,18,19,20,21);6,8,17H,2-5H2,1H3,(H,15,18);4-5H,1-3H3,(H3,10,11,12,13,14);2H,1H3,(H2,9,11)(H,10,12);5,7H,1-4H2;1H4;2*1H. The molecule has 0 unspecified atom stereocenters. The van der Waals surface area contributed by atoms with Gasteiger partial charge in [0.1, 0.15) is 146 Å². The number of H-pyrrole nitrogens is 1. The van der Waals surface area contributed by atoms with Crippen LogP contribution in [0, 0.1) is 41.5 Å². The quantitative estimate of drug-likeness (QED) is 0.0692. The van der Waals surface area contributed by atoms with Gasteiger partial charge in [-0.15, -0.1) is 24.8 Å². The summed E-state index contributed by atoms with van der Waals surface area (Å²) in [5, 5.41) is 71.4. The lowest BCUT2D eigenvalue weighted by Crippen LogP contribution is -2.50. The molecule has 9 aromatic rings. The number of nitrogens with one attached hydrogen (secondary N) is 9. The fourth-order valence-corrected chi connectivity index (χ4v) is 18.4. The van der Waals surface area contributed by atoms with Gasteiger partial charge in [0.2, 0.25) is 0 Å². The third-order valence-corrected chi connectivity index (χ3v) is 25.0. The van der Waals surface area contributed by atoms with E-state index in [2.05, 4.69) is 119 Å². The molecule has 18 rings (SSSR count). The molecule has 0 aromatic carbocycles. The fraction of sp³-hybridized carbons (Fsp3) is 0.455. The highest BCUT2D eigenvalue weighted by Crippen LogP contribution is 2.43.